The van der Waals surface area contributed by atoms with Crippen molar-refractivity contribution in [2.45, 2.75) is 12.5 Å². The fourth-order valence-electron chi connectivity index (χ4n) is 1.86. The fraction of sp³-hybridized carbons (Fsp3) is 0.143. The monoisotopic (exact) mass is 348 g/mol. The molecule has 0 radical (unpaired) electrons. The van der Waals surface area contributed by atoms with Gasteiger partial charge in [-0.3, -0.25) is 0 Å². The summed E-state index contributed by atoms with van der Waals surface area (Å²) >= 11 is 2.98. The molecule has 106 valence electrons. The van der Waals surface area contributed by atoms with E-state index in [2.05, 4.69) is 15.9 Å². The minimum atomic E-state index is -1.49. The Balaban J connectivity index is 2.28. The molecule has 20 heavy (non-hydrogen) atoms. The highest BCUT2D eigenvalue weighted by Crippen LogP contribution is 2.26. The van der Waals surface area contributed by atoms with Crippen LogP contribution in [0.3, 0.4) is 0 Å². The predicted molar refractivity (Wildman–Crippen MR) is 69.1 cm³/mol. The van der Waals surface area contributed by atoms with Gasteiger partial charge in [-0.05, 0) is 33.6 Å². The van der Waals surface area contributed by atoms with Gasteiger partial charge in [0.2, 0.25) is 0 Å². The van der Waals surface area contributed by atoms with E-state index in [1.807, 2.05) is 0 Å². The van der Waals surface area contributed by atoms with E-state index in [9.17, 15) is 22.7 Å². The highest BCUT2D eigenvalue weighted by molar-refractivity contribution is 9.10. The Morgan fingerprint density at radius 3 is 2.10 bits per heavy atom. The topological polar surface area (TPSA) is 20.2 Å². The number of hydrogen-bond donors (Lipinski definition) is 1. The summed E-state index contributed by atoms with van der Waals surface area (Å²) < 4.78 is 53.0. The first-order valence-corrected chi connectivity index (χ1v) is 6.44. The summed E-state index contributed by atoms with van der Waals surface area (Å²) in [4.78, 5) is 0. The van der Waals surface area contributed by atoms with E-state index < -0.39 is 34.9 Å². The van der Waals surface area contributed by atoms with Gasteiger partial charge in [0, 0.05) is 18.6 Å². The van der Waals surface area contributed by atoms with Gasteiger partial charge >= 0.3 is 0 Å². The normalized spacial score (nSPS) is 12.5. The number of rotatable bonds is 3. The number of hydrogen-bond acceptors (Lipinski definition) is 1. The Labute approximate surface area is 121 Å². The molecule has 0 spiro atoms. The second kappa shape index (κ2) is 5.93. The van der Waals surface area contributed by atoms with E-state index in [0.29, 0.717) is 17.7 Å². The summed E-state index contributed by atoms with van der Waals surface area (Å²) in [6, 6.07) is 4.97. The molecule has 2 rings (SSSR count). The fourth-order valence-corrected chi connectivity index (χ4v) is 2.29. The smallest absolute Gasteiger partial charge is 0.137 e. The van der Waals surface area contributed by atoms with Gasteiger partial charge in [-0.15, -0.1) is 0 Å². The molecule has 0 fully saturated rings. The van der Waals surface area contributed by atoms with E-state index in [1.54, 1.807) is 0 Å². The summed E-state index contributed by atoms with van der Waals surface area (Å²) in [6.07, 6.45) is -1.62. The van der Waals surface area contributed by atoms with Crippen molar-refractivity contribution in [3.63, 3.8) is 0 Å². The molecule has 0 bridgehead atoms. The highest BCUT2D eigenvalue weighted by Gasteiger charge is 2.20. The molecule has 2 aromatic carbocycles. The second-order valence-electron chi connectivity index (χ2n) is 4.25. The van der Waals surface area contributed by atoms with Crippen molar-refractivity contribution in [2.24, 2.45) is 0 Å². The Kier molecular flexibility index (Phi) is 4.45. The number of benzene rings is 2. The van der Waals surface area contributed by atoms with E-state index in [0.717, 1.165) is 0 Å². The molecule has 2 aromatic rings. The molecule has 0 aliphatic rings. The first-order chi connectivity index (χ1) is 9.38. The van der Waals surface area contributed by atoms with Crippen LogP contribution in [0.4, 0.5) is 17.6 Å². The Bertz CT molecular complexity index is 622. The van der Waals surface area contributed by atoms with Gasteiger partial charge in [-0.25, -0.2) is 17.6 Å². The molecule has 0 aromatic heterocycles. The van der Waals surface area contributed by atoms with Gasteiger partial charge in [0.05, 0.1) is 16.1 Å². The maximum absolute atomic E-state index is 13.5. The van der Waals surface area contributed by atoms with Crippen LogP contribution < -0.4 is 0 Å². The lowest BCUT2D eigenvalue weighted by Gasteiger charge is -2.13. The molecule has 0 aliphatic carbocycles. The third-order valence-electron chi connectivity index (χ3n) is 2.79. The average Bonchev–Trinajstić information content (AvgIpc) is 2.32. The van der Waals surface area contributed by atoms with Crippen LogP contribution in [-0.4, -0.2) is 5.11 Å². The van der Waals surface area contributed by atoms with E-state index in [-0.39, 0.29) is 10.9 Å². The van der Waals surface area contributed by atoms with Crippen LogP contribution in [0.1, 0.15) is 17.2 Å². The lowest BCUT2D eigenvalue weighted by molar-refractivity contribution is 0.168. The maximum Gasteiger partial charge on any atom is 0.137 e. The Morgan fingerprint density at radius 2 is 1.55 bits per heavy atom. The van der Waals surface area contributed by atoms with Crippen molar-refractivity contribution in [1.82, 2.24) is 0 Å². The third kappa shape index (κ3) is 3.19. The molecular formula is C14H9BrF4O. The zero-order chi connectivity index (χ0) is 14.9. The zero-order valence-electron chi connectivity index (χ0n) is 10.0. The summed E-state index contributed by atoms with van der Waals surface area (Å²) in [6.45, 7) is 0. The van der Waals surface area contributed by atoms with Crippen LogP contribution in [0, 0.1) is 23.3 Å². The number of aliphatic hydroxyl groups is 1. The van der Waals surface area contributed by atoms with E-state index in [4.69, 9.17) is 0 Å². The number of aliphatic hydroxyl groups excluding tert-OH is 1. The lowest BCUT2D eigenvalue weighted by atomic mass is 10.0. The quantitative estimate of drug-likeness (QED) is 0.820. The van der Waals surface area contributed by atoms with Gasteiger partial charge in [-0.2, -0.15) is 0 Å². The van der Waals surface area contributed by atoms with Crippen LogP contribution in [0.2, 0.25) is 0 Å². The van der Waals surface area contributed by atoms with Crippen molar-refractivity contribution in [2.75, 3.05) is 0 Å². The zero-order valence-corrected chi connectivity index (χ0v) is 11.6. The summed E-state index contributed by atoms with van der Waals surface area (Å²) in [5.74, 6) is -3.85. The molecule has 6 heteroatoms. The van der Waals surface area contributed by atoms with E-state index >= 15 is 0 Å². The van der Waals surface area contributed by atoms with Crippen LogP contribution in [0.5, 0.6) is 0 Å². The standard InChI is InChI=1S/C14H9BrF4O/c15-9-3-7(1-2-10(9)17)4-13(20)14-11(18)5-8(16)6-12(14)19/h1-3,5-6,13,20H,4H2. The molecule has 1 nitrogen and oxygen atoms in total. The van der Waals surface area contributed by atoms with Crippen molar-refractivity contribution >= 4 is 15.9 Å². The molecule has 0 heterocycles. The largest absolute Gasteiger partial charge is 0.388 e. The van der Waals surface area contributed by atoms with Gasteiger partial charge in [0.15, 0.2) is 0 Å². The van der Waals surface area contributed by atoms with Gasteiger partial charge < -0.3 is 5.11 Å². The molecule has 0 saturated carbocycles. The van der Waals surface area contributed by atoms with Crippen LogP contribution >= 0.6 is 15.9 Å². The SMILES string of the molecule is OC(Cc1ccc(F)c(Br)c1)c1c(F)cc(F)cc1F. The molecule has 0 aliphatic heterocycles. The molecule has 1 N–H and O–H groups in total. The van der Waals surface area contributed by atoms with Gasteiger partial charge in [-0.1, -0.05) is 6.07 Å². The first-order valence-electron chi connectivity index (χ1n) is 5.65. The van der Waals surface area contributed by atoms with E-state index in [1.165, 1.54) is 18.2 Å². The Morgan fingerprint density at radius 1 is 0.950 bits per heavy atom. The molecule has 1 atom stereocenters. The van der Waals surface area contributed by atoms with Crippen molar-refractivity contribution in [1.29, 1.82) is 0 Å². The molecular weight excluding hydrogens is 340 g/mol. The summed E-state index contributed by atoms with van der Waals surface area (Å²) in [7, 11) is 0. The van der Waals surface area contributed by atoms with Gasteiger partial charge in [0.25, 0.3) is 0 Å². The predicted octanol–water partition coefficient (Wildman–Crippen LogP) is 4.28. The first kappa shape index (κ1) is 15.0. The van der Waals surface area contributed by atoms with Crippen molar-refractivity contribution in [3.8, 4) is 0 Å². The van der Waals surface area contributed by atoms with Crippen LogP contribution in [0.25, 0.3) is 0 Å². The minimum absolute atomic E-state index is 0.127. The van der Waals surface area contributed by atoms with Crippen molar-refractivity contribution < 1.29 is 22.7 Å². The maximum atomic E-state index is 13.5. The highest BCUT2D eigenvalue weighted by atomic mass is 79.9. The van der Waals surface area contributed by atoms with Crippen LogP contribution in [0.15, 0.2) is 34.8 Å². The van der Waals surface area contributed by atoms with Crippen molar-refractivity contribution in [3.05, 3.63) is 69.2 Å². The minimum Gasteiger partial charge on any atom is -0.388 e. The Hall–Kier alpha value is -1.40. The molecule has 0 amide bonds. The number of halogens is 5. The molecule has 1 unspecified atom stereocenters. The second-order valence-corrected chi connectivity index (χ2v) is 5.11. The van der Waals surface area contributed by atoms with Gasteiger partial charge in [0.1, 0.15) is 23.3 Å². The third-order valence-corrected chi connectivity index (χ3v) is 3.40. The lowest BCUT2D eigenvalue weighted by Crippen LogP contribution is -2.08. The average molecular weight is 349 g/mol. The summed E-state index contributed by atoms with van der Waals surface area (Å²) in [5, 5.41) is 9.88. The van der Waals surface area contributed by atoms with Crippen LogP contribution in [-0.2, 0) is 6.42 Å². The summed E-state index contributed by atoms with van der Waals surface area (Å²) in [5.41, 5.74) is -0.124. The molecule has 0 saturated heterocycles.